The summed E-state index contributed by atoms with van der Waals surface area (Å²) in [5, 5.41) is 8.34. The van der Waals surface area contributed by atoms with Gasteiger partial charge in [-0.3, -0.25) is 0 Å². The van der Waals surface area contributed by atoms with Gasteiger partial charge in [-0.1, -0.05) is 29.7 Å². The second-order valence-corrected chi connectivity index (χ2v) is 2.58. The van der Waals surface area contributed by atoms with Crippen LogP contribution in [0.15, 0.2) is 30.3 Å². The van der Waals surface area contributed by atoms with Gasteiger partial charge in [0.2, 0.25) is 0 Å². The fourth-order valence-corrected chi connectivity index (χ4v) is 0.845. The lowest BCUT2D eigenvalue weighted by Crippen LogP contribution is -1.99. The number of hydrogen-bond donors (Lipinski definition) is 1. The quantitative estimate of drug-likeness (QED) is 0.454. The number of carbonyl (C=O) groups is 1. The number of benzene rings is 1. The van der Waals surface area contributed by atoms with Crippen LogP contribution in [0.2, 0.25) is 0 Å². The molecule has 1 aromatic carbocycles. The van der Waals surface area contributed by atoms with Gasteiger partial charge in [0.25, 0.3) is 0 Å². The van der Waals surface area contributed by atoms with Crippen LogP contribution in [0.25, 0.3) is 6.08 Å². The smallest absolute Gasteiger partial charge is 0.328 e. The Morgan fingerprint density at radius 1 is 1.21 bits per heavy atom. The Hall–Kier alpha value is -1.59. The van der Waals surface area contributed by atoms with Crippen LogP contribution in [0, 0.1) is 0 Å². The molecule has 0 aliphatic heterocycles. The maximum absolute atomic E-state index is 10.2. The molecule has 0 saturated carbocycles. The second-order valence-electron chi connectivity index (χ2n) is 2.58. The Balaban J connectivity index is 0. The molecule has 0 unspecified atom stereocenters. The fraction of sp³-hybridized carbons (Fsp3) is 0. The van der Waals surface area contributed by atoms with Gasteiger partial charge in [0.15, 0.2) is 0 Å². The van der Waals surface area contributed by atoms with E-state index in [4.69, 9.17) is 5.11 Å². The molecule has 0 spiro atoms. The molecule has 0 radical (unpaired) electrons. The highest BCUT2D eigenvalue weighted by molar-refractivity contribution is 6.32. The average Bonchev–Trinajstić information content (AvgIpc) is 2.03. The van der Waals surface area contributed by atoms with Crippen LogP contribution < -0.4 is 5.46 Å². The molecule has 0 amide bonds. The molecule has 0 bridgehead atoms. The second kappa shape index (κ2) is 6.88. The van der Waals surface area contributed by atoms with Gasteiger partial charge in [-0.15, -0.1) is 0 Å². The summed E-state index contributed by atoms with van der Waals surface area (Å²) >= 11 is 0. The maximum Gasteiger partial charge on any atom is 0.328 e. The van der Waals surface area contributed by atoms with Crippen LogP contribution in [0.1, 0.15) is 5.56 Å². The lowest BCUT2D eigenvalue weighted by molar-refractivity contribution is -0.131. The Labute approximate surface area is 82.9 Å². The molecule has 0 aromatic heterocycles. The predicted molar refractivity (Wildman–Crippen MR) is 58.5 cm³/mol. The number of carboxylic acid groups (broad SMARTS) is 1. The summed E-state index contributed by atoms with van der Waals surface area (Å²) in [6.07, 6.45) is 2.70. The van der Waals surface area contributed by atoms with Crippen molar-refractivity contribution in [1.29, 1.82) is 0 Å². The van der Waals surface area contributed by atoms with Crippen molar-refractivity contribution in [1.82, 2.24) is 0 Å². The third-order valence-corrected chi connectivity index (χ3v) is 1.50. The zero-order valence-electron chi connectivity index (χ0n) is 7.82. The molecule has 1 rings (SSSR count). The molecule has 1 aromatic rings. The molecule has 0 aliphatic carbocycles. The molecule has 4 nitrogen and oxygen atoms in total. The van der Waals surface area contributed by atoms with Gasteiger partial charge in [0.1, 0.15) is 7.85 Å². The molecule has 0 aliphatic rings. The van der Waals surface area contributed by atoms with Crippen molar-refractivity contribution in [2.45, 2.75) is 0 Å². The van der Waals surface area contributed by atoms with Crippen LogP contribution >= 0.6 is 0 Å². The van der Waals surface area contributed by atoms with Crippen molar-refractivity contribution in [2.24, 2.45) is 0 Å². The van der Waals surface area contributed by atoms with E-state index >= 15 is 0 Å². The summed E-state index contributed by atoms with van der Waals surface area (Å²) in [5.41, 5.74) is 2.07. The highest BCUT2D eigenvalue weighted by Gasteiger charge is 1.88. The fourth-order valence-electron chi connectivity index (χ4n) is 0.845. The van der Waals surface area contributed by atoms with Crippen LogP contribution in [-0.2, 0) is 4.79 Å². The summed E-state index contributed by atoms with van der Waals surface area (Å²) in [7, 11) is 1.99. The summed E-state index contributed by atoms with van der Waals surface area (Å²) in [4.78, 5) is 10.2. The van der Waals surface area contributed by atoms with Crippen molar-refractivity contribution < 1.29 is 20.9 Å². The minimum absolute atomic E-state index is 0. The van der Waals surface area contributed by atoms with E-state index in [0.717, 1.165) is 11.6 Å². The van der Waals surface area contributed by atoms with Crippen LogP contribution in [0.4, 0.5) is 0 Å². The molecular formula is C9H13BO4. The molecule has 76 valence electrons. The summed E-state index contributed by atoms with van der Waals surface area (Å²) < 4.78 is 0. The maximum atomic E-state index is 10.2. The predicted octanol–water partition coefficient (Wildman–Crippen LogP) is -1.61. The third kappa shape index (κ3) is 5.13. The van der Waals surface area contributed by atoms with E-state index in [0.29, 0.717) is 0 Å². The summed E-state index contributed by atoms with van der Waals surface area (Å²) in [5.74, 6) is -0.921. The van der Waals surface area contributed by atoms with Gasteiger partial charge in [0.05, 0.1) is 0 Å². The SMILES string of the molecule is Bc1ccc(C=CC(=O)O)cc1.O.O. The largest absolute Gasteiger partial charge is 0.478 e. The van der Waals surface area contributed by atoms with Gasteiger partial charge < -0.3 is 16.1 Å². The summed E-state index contributed by atoms with van der Waals surface area (Å²) in [6.45, 7) is 0. The van der Waals surface area contributed by atoms with Gasteiger partial charge in [0, 0.05) is 6.08 Å². The number of hydrogen-bond acceptors (Lipinski definition) is 1. The van der Waals surface area contributed by atoms with E-state index in [9.17, 15) is 4.79 Å². The molecule has 0 atom stereocenters. The zero-order valence-corrected chi connectivity index (χ0v) is 7.82. The first kappa shape index (κ1) is 14.9. The lowest BCUT2D eigenvalue weighted by atomic mass is 9.95. The van der Waals surface area contributed by atoms with Crippen molar-refractivity contribution in [3.05, 3.63) is 35.9 Å². The molecule has 5 N–H and O–H groups in total. The Morgan fingerprint density at radius 2 is 1.71 bits per heavy atom. The van der Waals surface area contributed by atoms with Crippen molar-refractivity contribution in [3.8, 4) is 0 Å². The van der Waals surface area contributed by atoms with Gasteiger partial charge in [-0.2, -0.15) is 0 Å². The normalized spacial score (nSPS) is 8.86. The Bertz CT molecular complexity index is 305. The molecule has 14 heavy (non-hydrogen) atoms. The van der Waals surface area contributed by atoms with Crippen molar-refractivity contribution >= 4 is 25.4 Å². The zero-order chi connectivity index (χ0) is 8.97. The average molecular weight is 196 g/mol. The van der Waals surface area contributed by atoms with Gasteiger partial charge >= 0.3 is 5.97 Å². The van der Waals surface area contributed by atoms with Crippen molar-refractivity contribution in [2.75, 3.05) is 0 Å². The number of carboxylic acids is 1. The molecular weight excluding hydrogens is 183 g/mol. The van der Waals surface area contributed by atoms with E-state index in [1.54, 1.807) is 6.08 Å². The standard InChI is InChI=1S/C9H9BO2.2H2O/c10-8-4-1-7(2-5-8)3-6-9(11)12;;/h1-6H,10H2,(H,11,12);2*1H2. The lowest BCUT2D eigenvalue weighted by Gasteiger charge is -1.92. The topological polar surface area (TPSA) is 100 Å². The third-order valence-electron chi connectivity index (χ3n) is 1.50. The Morgan fingerprint density at radius 3 is 2.14 bits per heavy atom. The minimum Gasteiger partial charge on any atom is -0.478 e. The number of aliphatic carboxylic acids is 1. The molecule has 0 fully saturated rings. The van der Waals surface area contributed by atoms with Crippen LogP contribution in [-0.4, -0.2) is 29.9 Å². The molecule has 0 heterocycles. The highest BCUT2D eigenvalue weighted by Crippen LogP contribution is 1.98. The van der Waals surface area contributed by atoms with Gasteiger partial charge in [-0.05, 0) is 11.6 Å². The summed E-state index contributed by atoms with van der Waals surface area (Å²) in [6, 6.07) is 7.66. The van der Waals surface area contributed by atoms with Crippen molar-refractivity contribution in [3.63, 3.8) is 0 Å². The number of rotatable bonds is 2. The van der Waals surface area contributed by atoms with Crippen LogP contribution in [0.3, 0.4) is 0 Å². The van der Waals surface area contributed by atoms with Crippen LogP contribution in [0.5, 0.6) is 0 Å². The van der Waals surface area contributed by atoms with E-state index in [2.05, 4.69) is 0 Å². The minimum atomic E-state index is -0.921. The van der Waals surface area contributed by atoms with E-state index < -0.39 is 5.97 Å². The highest BCUT2D eigenvalue weighted by atomic mass is 16.4. The van der Waals surface area contributed by atoms with E-state index in [1.165, 1.54) is 5.46 Å². The first-order chi connectivity index (χ1) is 5.68. The van der Waals surface area contributed by atoms with Gasteiger partial charge in [-0.25, -0.2) is 4.79 Å². The van der Waals surface area contributed by atoms with E-state index in [-0.39, 0.29) is 11.0 Å². The first-order valence-electron chi connectivity index (χ1n) is 3.66. The molecule has 0 saturated heterocycles. The molecule has 5 heteroatoms. The Kier molecular flexibility index (Phi) is 7.33. The first-order valence-corrected chi connectivity index (χ1v) is 3.66. The monoisotopic (exact) mass is 196 g/mol. The van der Waals surface area contributed by atoms with E-state index in [1.807, 2.05) is 32.1 Å².